The van der Waals surface area contributed by atoms with Crippen LogP contribution in [0.25, 0.3) is 0 Å². The van der Waals surface area contributed by atoms with Gasteiger partial charge >= 0.3 is 5.97 Å². The molecule has 0 bridgehead atoms. The van der Waals surface area contributed by atoms with Crippen LogP contribution < -0.4 is 10.2 Å². The maximum atomic E-state index is 11.9. The molecule has 138 valence electrons. The number of amides is 1. The first-order chi connectivity index (χ1) is 12.0. The number of rotatable bonds is 7. The number of esters is 1. The molecule has 0 atom stereocenters. The van der Waals surface area contributed by atoms with E-state index in [2.05, 4.69) is 33.9 Å². The van der Waals surface area contributed by atoms with E-state index < -0.39 is 0 Å². The zero-order valence-corrected chi connectivity index (χ0v) is 15.3. The number of piperazine rings is 1. The van der Waals surface area contributed by atoms with Gasteiger partial charge < -0.3 is 15.0 Å². The van der Waals surface area contributed by atoms with Crippen molar-refractivity contribution in [2.45, 2.75) is 20.8 Å². The van der Waals surface area contributed by atoms with Crippen LogP contribution in [0.2, 0.25) is 0 Å². The fourth-order valence-electron chi connectivity index (χ4n) is 2.62. The summed E-state index contributed by atoms with van der Waals surface area (Å²) >= 11 is 0. The van der Waals surface area contributed by atoms with Crippen molar-refractivity contribution in [2.24, 2.45) is 5.92 Å². The molecule has 0 aliphatic carbocycles. The van der Waals surface area contributed by atoms with Gasteiger partial charge in [0.2, 0.25) is 5.91 Å². The third kappa shape index (κ3) is 6.01. The molecule has 1 aliphatic heterocycles. The van der Waals surface area contributed by atoms with Crippen LogP contribution in [-0.4, -0.2) is 67.6 Å². The molecular weight excluding hydrogens is 320 g/mol. The number of hydrogen-bond donors (Lipinski definition) is 1. The zero-order chi connectivity index (χ0) is 18.2. The van der Waals surface area contributed by atoms with Crippen LogP contribution in [0.4, 0.5) is 5.82 Å². The summed E-state index contributed by atoms with van der Waals surface area (Å²) in [5, 5.41) is 2.95. The summed E-state index contributed by atoms with van der Waals surface area (Å²) in [6.07, 6.45) is 1.55. The standard InChI is InChI=1S/C18H28N4O3/c1-4-25-18(24)15-5-6-16(19-12-15)22-9-7-21(8-10-22)13-17(23)20-11-14(2)3/h5-6,12,14H,4,7-11,13H2,1-3H3,(H,20,23). The number of nitrogens with one attached hydrogen (secondary N) is 1. The van der Waals surface area contributed by atoms with Gasteiger partial charge in [-0.3, -0.25) is 9.69 Å². The molecule has 7 nitrogen and oxygen atoms in total. The van der Waals surface area contributed by atoms with Crippen LogP contribution in [0.15, 0.2) is 18.3 Å². The van der Waals surface area contributed by atoms with Crippen LogP contribution in [0, 0.1) is 5.92 Å². The van der Waals surface area contributed by atoms with Crippen molar-refractivity contribution in [1.29, 1.82) is 0 Å². The van der Waals surface area contributed by atoms with Gasteiger partial charge in [0, 0.05) is 38.9 Å². The lowest BCUT2D eigenvalue weighted by Gasteiger charge is -2.35. The summed E-state index contributed by atoms with van der Waals surface area (Å²) in [5.74, 6) is 1.04. The SMILES string of the molecule is CCOC(=O)c1ccc(N2CCN(CC(=O)NCC(C)C)CC2)nc1. The Morgan fingerprint density at radius 2 is 1.96 bits per heavy atom. The minimum Gasteiger partial charge on any atom is -0.462 e. The number of carbonyl (C=O) groups excluding carboxylic acids is 2. The highest BCUT2D eigenvalue weighted by molar-refractivity contribution is 5.89. The molecular formula is C18H28N4O3. The van der Waals surface area contributed by atoms with Crippen LogP contribution in [-0.2, 0) is 9.53 Å². The lowest BCUT2D eigenvalue weighted by molar-refractivity contribution is -0.122. The zero-order valence-electron chi connectivity index (χ0n) is 15.3. The Bertz CT molecular complexity index is 566. The van der Waals surface area contributed by atoms with Gasteiger partial charge in [-0.1, -0.05) is 13.8 Å². The van der Waals surface area contributed by atoms with E-state index in [0.717, 1.165) is 38.5 Å². The predicted molar refractivity (Wildman–Crippen MR) is 96.7 cm³/mol. The van der Waals surface area contributed by atoms with Gasteiger partial charge in [-0.05, 0) is 25.0 Å². The van der Waals surface area contributed by atoms with Crippen molar-refractivity contribution in [3.05, 3.63) is 23.9 Å². The normalized spacial score (nSPS) is 15.3. The van der Waals surface area contributed by atoms with Crippen LogP contribution in [0.5, 0.6) is 0 Å². The molecule has 0 spiro atoms. The third-order valence-corrected chi connectivity index (χ3v) is 4.03. The molecule has 0 radical (unpaired) electrons. The molecule has 0 unspecified atom stereocenters. The number of hydrogen-bond acceptors (Lipinski definition) is 6. The highest BCUT2D eigenvalue weighted by Gasteiger charge is 2.20. The molecule has 1 N–H and O–H groups in total. The summed E-state index contributed by atoms with van der Waals surface area (Å²) < 4.78 is 4.96. The maximum Gasteiger partial charge on any atom is 0.339 e. The van der Waals surface area contributed by atoms with Crippen molar-refractivity contribution in [1.82, 2.24) is 15.2 Å². The number of aromatic nitrogens is 1. The van der Waals surface area contributed by atoms with Crippen LogP contribution in [0.3, 0.4) is 0 Å². The van der Waals surface area contributed by atoms with Crippen molar-refractivity contribution >= 4 is 17.7 Å². The molecule has 0 aromatic carbocycles. The summed E-state index contributed by atoms with van der Waals surface area (Å²) in [7, 11) is 0. The minimum absolute atomic E-state index is 0.0825. The quantitative estimate of drug-likeness (QED) is 0.745. The van der Waals surface area contributed by atoms with Crippen molar-refractivity contribution in [2.75, 3.05) is 50.8 Å². The van der Waals surface area contributed by atoms with E-state index in [4.69, 9.17) is 4.74 Å². The Labute approximate surface area is 149 Å². The molecule has 1 aromatic heterocycles. The lowest BCUT2D eigenvalue weighted by Crippen LogP contribution is -2.50. The molecule has 1 amide bonds. The molecule has 1 aromatic rings. The Morgan fingerprint density at radius 1 is 1.24 bits per heavy atom. The van der Waals surface area contributed by atoms with E-state index in [1.54, 1.807) is 19.2 Å². The molecule has 7 heteroatoms. The molecule has 2 rings (SSSR count). The smallest absolute Gasteiger partial charge is 0.339 e. The number of carbonyl (C=O) groups is 2. The van der Waals surface area contributed by atoms with Crippen molar-refractivity contribution < 1.29 is 14.3 Å². The maximum absolute atomic E-state index is 11.9. The number of nitrogens with zero attached hydrogens (tertiary/aromatic N) is 3. The molecule has 25 heavy (non-hydrogen) atoms. The minimum atomic E-state index is -0.348. The second kappa shape index (κ2) is 9.36. The second-order valence-electron chi connectivity index (χ2n) is 6.59. The molecule has 0 saturated carbocycles. The summed E-state index contributed by atoms with van der Waals surface area (Å²) in [4.78, 5) is 32.2. The van der Waals surface area contributed by atoms with Crippen LogP contribution in [0.1, 0.15) is 31.1 Å². The van der Waals surface area contributed by atoms with E-state index in [0.29, 0.717) is 24.6 Å². The summed E-state index contributed by atoms with van der Waals surface area (Å²) in [6.45, 7) is 10.7. The Morgan fingerprint density at radius 3 is 2.52 bits per heavy atom. The molecule has 1 aliphatic rings. The first-order valence-electron chi connectivity index (χ1n) is 8.86. The van der Waals surface area contributed by atoms with E-state index in [1.807, 2.05) is 6.07 Å². The van der Waals surface area contributed by atoms with E-state index in [-0.39, 0.29) is 11.9 Å². The van der Waals surface area contributed by atoms with Gasteiger partial charge in [0.15, 0.2) is 0 Å². The fraction of sp³-hybridized carbons (Fsp3) is 0.611. The van der Waals surface area contributed by atoms with E-state index in [9.17, 15) is 9.59 Å². The molecule has 2 heterocycles. The fourth-order valence-corrected chi connectivity index (χ4v) is 2.62. The van der Waals surface area contributed by atoms with E-state index in [1.165, 1.54) is 0 Å². The van der Waals surface area contributed by atoms with E-state index >= 15 is 0 Å². The first-order valence-corrected chi connectivity index (χ1v) is 8.86. The summed E-state index contributed by atoms with van der Waals surface area (Å²) in [5.41, 5.74) is 0.464. The van der Waals surface area contributed by atoms with Gasteiger partial charge in [-0.2, -0.15) is 0 Å². The monoisotopic (exact) mass is 348 g/mol. The summed E-state index contributed by atoms with van der Waals surface area (Å²) in [6, 6.07) is 3.59. The van der Waals surface area contributed by atoms with Crippen LogP contribution >= 0.6 is 0 Å². The van der Waals surface area contributed by atoms with Gasteiger partial charge in [-0.15, -0.1) is 0 Å². The Kier molecular flexibility index (Phi) is 7.18. The number of pyridine rings is 1. The first kappa shape index (κ1) is 19.2. The molecule has 1 fully saturated rings. The highest BCUT2D eigenvalue weighted by Crippen LogP contribution is 2.14. The van der Waals surface area contributed by atoms with Crippen molar-refractivity contribution in [3.63, 3.8) is 0 Å². The van der Waals surface area contributed by atoms with Gasteiger partial charge in [0.1, 0.15) is 5.82 Å². The predicted octanol–water partition coefficient (Wildman–Crippen LogP) is 1.15. The average molecular weight is 348 g/mol. The molecule has 1 saturated heterocycles. The Balaban J connectivity index is 1.79. The Hall–Kier alpha value is -2.15. The second-order valence-corrected chi connectivity index (χ2v) is 6.59. The average Bonchev–Trinajstić information content (AvgIpc) is 2.61. The number of ether oxygens (including phenoxy) is 1. The largest absolute Gasteiger partial charge is 0.462 e. The van der Waals surface area contributed by atoms with Gasteiger partial charge in [-0.25, -0.2) is 9.78 Å². The third-order valence-electron chi connectivity index (χ3n) is 4.03. The topological polar surface area (TPSA) is 74.8 Å². The van der Waals surface area contributed by atoms with Gasteiger partial charge in [0.25, 0.3) is 0 Å². The number of anilines is 1. The van der Waals surface area contributed by atoms with Crippen molar-refractivity contribution in [3.8, 4) is 0 Å². The van der Waals surface area contributed by atoms with Gasteiger partial charge in [0.05, 0.1) is 18.7 Å². The highest BCUT2D eigenvalue weighted by atomic mass is 16.5. The lowest BCUT2D eigenvalue weighted by atomic mass is 10.2.